The highest BCUT2D eigenvalue weighted by Gasteiger charge is 2.33. The van der Waals surface area contributed by atoms with Crippen molar-refractivity contribution in [2.75, 3.05) is 19.1 Å². The van der Waals surface area contributed by atoms with Crippen LogP contribution in [0.1, 0.15) is 31.8 Å². The Morgan fingerprint density at radius 1 is 1.09 bits per heavy atom. The molecule has 0 atom stereocenters. The Balaban J connectivity index is 1.59. The molecule has 0 aliphatic carbocycles. The van der Waals surface area contributed by atoms with Gasteiger partial charge < -0.3 is 15.0 Å². The molecule has 34 heavy (non-hydrogen) atoms. The quantitative estimate of drug-likeness (QED) is 0.413. The van der Waals surface area contributed by atoms with Crippen LogP contribution in [0, 0.1) is 0 Å². The van der Waals surface area contributed by atoms with Gasteiger partial charge in [0.05, 0.1) is 28.4 Å². The Labute approximate surface area is 206 Å². The van der Waals surface area contributed by atoms with E-state index in [1.807, 2.05) is 0 Å². The third-order valence-corrected chi connectivity index (χ3v) is 6.10. The number of nitrogens with one attached hydrogen (secondary N) is 1. The van der Waals surface area contributed by atoms with Gasteiger partial charge in [-0.15, -0.1) is 0 Å². The number of pyridine rings is 1. The van der Waals surface area contributed by atoms with Gasteiger partial charge in [0.15, 0.2) is 0 Å². The van der Waals surface area contributed by atoms with Crippen molar-refractivity contribution in [3.63, 3.8) is 0 Å². The van der Waals surface area contributed by atoms with Crippen molar-refractivity contribution in [2.45, 2.75) is 6.54 Å². The first-order valence-electron chi connectivity index (χ1n) is 10.2. The zero-order valence-electron chi connectivity index (χ0n) is 18.3. The van der Waals surface area contributed by atoms with Gasteiger partial charge in [0, 0.05) is 37.0 Å². The van der Waals surface area contributed by atoms with Crippen molar-refractivity contribution in [3.05, 3.63) is 92.6 Å². The molecular weight excluding hydrogens is 477 g/mol. The largest absolute Gasteiger partial charge is 0.481 e. The van der Waals surface area contributed by atoms with Crippen LogP contribution in [0.5, 0.6) is 5.88 Å². The maximum Gasteiger partial charge on any atom is 0.262 e. The molecule has 0 saturated carbocycles. The van der Waals surface area contributed by atoms with Gasteiger partial charge in [-0.2, -0.15) is 0 Å². The zero-order chi connectivity index (χ0) is 24.4. The van der Waals surface area contributed by atoms with E-state index in [1.165, 1.54) is 24.2 Å². The molecule has 3 aromatic rings. The number of hydrogen-bond acceptors (Lipinski definition) is 5. The summed E-state index contributed by atoms with van der Waals surface area (Å²) in [6.07, 6.45) is 3.08. The van der Waals surface area contributed by atoms with Crippen molar-refractivity contribution >= 4 is 52.6 Å². The molecule has 2 aromatic carbocycles. The molecule has 1 aliphatic heterocycles. The lowest BCUT2D eigenvalue weighted by Crippen LogP contribution is -2.37. The number of ketones is 1. The third kappa shape index (κ3) is 4.66. The van der Waals surface area contributed by atoms with Gasteiger partial charge in [-0.3, -0.25) is 14.4 Å². The van der Waals surface area contributed by atoms with Crippen LogP contribution < -0.4 is 15.0 Å². The molecule has 0 bridgehead atoms. The van der Waals surface area contributed by atoms with Crippen molar-refractivity contribution in [1.29, 1.82) is 0 Å². The number of hydrogen-bond donors (Lipinski definition) is 1. The molecule has 0 spiro atoms. The zero-order valence-corrected chi connectivity index (χ0v) is 19.8. The van der Waals surface area contributed by atoms with Crippen molar-refractivity contribution in [3.8, 4) is 5.88 Å². The van der Waals surface area contributed by atoms with E-state index in [2.05, 4.69) is 10.3 Å². The number of rotatable bonds is 5. The average molecular weight is 496 g/mol. The van der Waals surface area contributed by atoms with Crippen LogP contribution in [-0.4, -0.2) is 36.7 Å². The highest BCUT2D eigenvalue weighted by Crippen LogP contribution is 2.32. The van der Waals surface area contributed by atoms with Crippen LogP contribution in [0.25, 0.3) is 6.08 Å². The van der Waals surface area contributed by atoms with Crippen LogP contribution in [0.15, 0.2) is 60.3 Å². The van der Waals surface area contributed by atoms with Crippen molar-refractivity contribution in [1.82, 2.24) is 10.3 Å². The van der Waals surface area contributed by atoms with E-state index in [0.717, 1.165) is 5.56 Å². The number of nitrogens with zero attached hydrogens (tertiary/aromatic N) is 2. The van der Waals surface area contributed by atoms with E-state index < -0.39 is 11.7 Å². The van der Waals surface area contributed by atoms with E-state index in [0.29, 0.717) is 32.7 Å². The van der Waals surface area contributed by atoms with Crippen LogP contribution in [0.2, 0.25) is 10.0 Å². The topological polar surface area (TPSA) is 88.6 Å². The molecule has 7 nitrogen and oxygen atoms in total. The maximum absolute atomic E-state index is 13.2. The van der Waals surface area contributed by atoms with E-state index in [9.17, 15) is 14.4 Å². The fourth-order valence-electron chi connectivity index (χ4n) is 3.50. The van der Waals surface area contributed by atoms with Gasteiger partial charge in [0.2, 0.25) is 11.7 Å². The number of anilines is 1. The van der Waals surface area contributed by atoms with Gasteiger partial charge in [-0.1, -0.05) is 35.3 Å². The van der Waals surface area contributed by atoms with E-state index >= 15 is 0 Å². The molecule has 1 aromatic heterocycles. The molecule has 0 saturated heterocycles. The van der Waals surface area contributed by atoms with E-state index in [1.54, 1.807) is 55.7 Å². The molecule has 9 heteroatoms. The van der Waals surface area contributed by atoms with Gasteiger partial charge in [-0.05, 0) is 47.5 Å². The van der Waals surface area contributed by atoms with Crippen LogP contribution in [-0.2, 0) is 11.3 Å². The number of likely N-dealkylation sites (N-methyl/N-ethyl adjacent to an activating group) is 1. The molecule has 172 valence electrons. The maximum atomic E-state index is 13.2. The Morgan fingerprint density at radius 3 is 2.56 bits per heavy atom. The second-order valence-corrected chi connectivity index (χ2v) is 8.36. The summed E-state index contributed by atoms with van der Waals surface area (Å²) >= 11 is 12.0. The Hall–Kier alpha value is -3.68. The highest BCUT2D eigenvalue weighted by molar-refractivity contribution is 6.42. The molecule has 1 aliphatic rings. The minimum Gasteiger partial charge on any atom is -0.481 e. The number of benzene rings is 2. The summed E-state index contributed by atoms with van der Waals surface area (Å²) in [6, 6.07) is 13.0. The summed E-state index contributed by atoms with van der Waals surface area (Å²) in [5.41, 5.74) is 2.30. The predicted octanol–water partition coefficient (Wildman–Crippen LogP) is 4.57. The summed E-state index contributed by atoms with van der Waals surface area (Å²) in [4.78, 5) is 44.3. The number of aromatic nitrogens is 1. The summed E-state index contributed by atoms with van der Waals surface area (Å²) in [5.74, 6) is -0.807. The minimum absolute atomic E-state index is 0.0322. The van der Waals surface area contributed by atoms with Crippen molar-refractivity contribution in [2.24, 2.45) is 0 Å². The Morgan fingerprint density at radius 2 is 1.88 bits per heavy atom. The second-order valence-electron chi connectivity index (χ2n) is 7.55. The standard InChI is InChI=1S/C25H19Cl2N3O4/c1-30-21-7-5-16(24(32)29-13-15-4-8-22(34-2)28-12-15)11-17(21)23(31)18(25(30)33)9-14-3-6-19(26)20(27)10-14/h3-12H,13H2,1-2H3,(H,29,32). The Bertz CT molecular complexity index is 1340. The lowest BCUT2D eigenvalue weighted by atomic mass is 9.92. The predicted molar refractivity (Wildman–Crippen MR) is 131 cm³/mol. The molecule has 1 N–H and O–H groups in total. The minimum atomic E-state index is -0.474. The first kappa shape index (κ1) is 23.5. The Kier molecular flexibility index (Phi) is 6.68. The summed E-state index contributed by atoms with van der Waals surface area (Å²) < 4.78 is 5.03. The molecule has 0 radical (unpaired) electrons. The molecule has 0 fully saturated rings. The van der Waals surface area contributed by atoms with Gasteiger partial charge in [0.25, 0.3) is 11.8 Å². The number of Topliss-reactive ketones (excluding diaryl/α,β-unsaturated/α-hetero) is 1. The number of carbonyl (C=O) groups excluding carboxylic acids is 3. The fourth-order valence-corrected chi connectivity index (χ4v) is 3.81. The van der Waals surface area contributed by atoms with Crippen molar-refractivity contribution < 1.29 is 19.1 Å². The number of carbonyl (C=O) groups is 3. The summed E-state index contributed by atoms with van der Waals surface area (Å²) in [6.45, 7) is 0.252. The normalized spacial score (nSPS) is 14.2. The number of halogens is 2. The first-order valence-corrected chi connectivity index (χ1v) is 10.9. The number of fused-ring (bicyclic) bond motifs is 1. The molecular formula is C25H19Cl2N3O4. The lowest BCUT2D eigenvalue weighted by molar-refractivity contribution is -0.114. The molecule has 2 heterocycles. The number of amides is 2. The van der Waals surface area contributed by atoms with Crippen LogP contribution in [0.4, 0.5) is 5.69 Å². The lowest BCUT2D eigenvalue weighted by Gasteiger charge is -2.27. The molecule has 2 amide bonds. The monoisotopic (exact) mass is 495 g/mol. The first-order chi connectivity index (χ1) is 16.3. The SMILES string of the molecule is COc1ccc(CNC(=O)c2ccc3c(c2)C(=O)C(=Cc2ccc(Cl)c(Cl)c2)C(=O)N3C)cn1. The summed E-state index contributed by atoms with van der Waals surface area (Å²) in [7, 11) is 3.10. The number of ether oxygens (including phenoxy) is 1. The third-order valence-electron chi connectivity index (χ3n) is 5.36. The van der Waals surface area contributed by atoms with Gasteiger partial charge in [-0.25, -0.2) is 4.98 Å². The average Bonchev–Trinajstić information content (AvgIpc) is 2.85. The molecule has 0 unspecified atom stereocenters. The van der Waals surface area contributed by atoms with Crippen LogP contribution in [0.3, 0.4) is 0 Å². The smallest absolute Gasteiger partial charge is 0.262 e. The van der Waals surface area contributed by atoms with E-state index in [-0.39, 0.29) is 23.6 Å². The van der Waals surface area contributed by atoms with Gasteiger partial charge in [0.1, 0.15) is 0 Å². The summed E-state index contributed by atoms with van der Waals surface area (Å²) in [5, 5.41) is 3.48. The second kappa shape index (κ2) is 9.67. The van der Waals surface area contributed by atoms with Gasteiger partial charge >= 0.3 is 0 Å². The fraction of sp³-hybridized carbons (Fsp3) is 0.120. The van der Waals surface area contributed by atoms with Crippen LogP contribution >= 0.6 is 23.2 Å². The number of methoxy groups -OCH3 is 1. The molecule has 4 rings (SSSR count). The highest BCUT2D eigenvalue weighted by atomic mass is 35.5. The van der Waals surface area contributed by atoms with E-state index in [4.69, 9.17) is 27.9 Å².